The van der Waals surface area contributed by atoms with Gasteiger partial charge >= 0.3 is 0 Å². The van der Waals surface area contributed by atoms with E-state index in [4.69, 9.17) is 0 Å². The summed E-state index contributed by atoms with van der Waals surface area (Å²) >= 11 is 0. The molecule has 0 amide bonds. The molecule has 0 unspecified atom stereocenters. The average molecular weight is 175 g/mol. The lowest BCUT2D eigenvalue weighted by atomic mass is 10.2. The molecule has 0 saturated heterocycles. The van der Waals surface area contributed by atoms with Gasteiger partial charge in [-0.3, -0.25) is 0 Å². The molecule has 0 bridgehead atoms. The third-order valence-corrected chi connectivity index (χ3v) is 1.72. The van der Waals surface area contributed by atoms with Gasteiger partial charge in [-0.05, 0) is 5.56 Å². The van der Waals surface area contributed by atoms with Gasteiger partial charge in [0.25, 0.3) is 0 Å². The van der Waals surface area contributed by atoms with Gasteiger partial charge in [0.15, 0.2) is 0 Å². The van der Waals surface area contributed by atoms with Gasteiger partial charge < -0.3 is 10.1 Å². The van der Waals surface area contributed by atoms with Crippen molar-refractivity contribution in [3.8, 4) is 0 Å². The van der Waals surface area contributed by atoms with Gasteiger partial charge in [-0.2, -0.15) is 0 Å². The molecule has 0 aliphatic carbocycles. The second-order valence-electron chi connectivity index (χ2n) is 2.73. The summed E-state index contributed by atoms with van der Waals surface area (Å²) < 4.78 is 0. The highest BCUT2D eigenvalue weighted by Gasteiger charge is 1.94. The number of hydrogen-bond acceptors (Lipinski definition) is 2. The zero-order chi connectivity index (χ0) is 9.52. The van der Waals surface area contributed by atoms with Gasteiger partial charge in [0, 0.05) is 18.7 Å². The third-order valence-electron chi connectivity index (χ3n) is 1.72. The van der Waals surface area contributed by atoms with E-state index in [0.717, 1.165) is 17.5 Å². The van der Waals surface area contributed by atoms with Crippen molar-refractivity contribution in [2.24, 2.45) is 0 Å². The Morgan fingerprint density at radius 1 is 1.38 bits per heavy atom. The summed E-state index contributed by atoms with van der Waals surface area (Å²) in [6.45, 7) is 4.52. The van der Waals surface area contributed by atoms with Gasteiger partial charge in [-0.1, -0.05) is 36.9 Å². The first-order valence-electron chi connectivity index (χ1n) is 4.26. The summed E-state index contributed by atoms with van der Waals surface area (Å²) in [6, 6.07) is 9.85. The number of nitrogens with one attached hydrogen (secondary N) is 1. The molecule has 0 saturated carbocycles. The fourth-order valence-corrected chi connectivity index (χ4v) is 1.02. The molecule has 0 heterocycles. The molecule has 68 valence electrons. The van der Waals surface area contributed by atoms with Crippen molar-refractivity contribution < 1.29 is 4.79 Å². The van der Waals surface area contributed by atoms with E-state index in [-0.39, 0.29) is 0 Å². The number of hydrogen-bond donors (Lipinski definition) is 1. The van der Waals surface area contributed by atoms with Gasteiger partial charge in [0.1, 0.15) is 6.29 Å². The Hall–Kier alpha value is -1.57. The quantitative estimate of drug-likeness (QED) is 0.546. The number of carbonyl (C=O) groups excluding carboxylic acids is 1. The van der Waals surface area contributed by atoms with Crippen molar-refractivity contribution in [1.29, 1.82) is 0 Å². The summed E-state index contributed by atoms with van der Waals surface area (Å²) in [5.41, 5.74) is 1.93. The standard InChI is InChI=1S/C11H13NO/c1-10(12-8-5-9-13)11-6-3-2-4-7-11/h2-4,6-7,9,12H,1,5,8H2. The Balaban J connectivity index is 2.45. The molecule has 0 aromatic heterocycles. The molecule has 1 rings (SSSR count). The molecule has 13 heavy (non-hydrogen) atoms. The van der Waals surface area contributed by atoms with Crippen molar-refractivity contribution >= 4 is 12.0 Å². The highest BCUT2D eigenvalue weighted by Crippen LogP contribution is 2.07. The Bertz CT molecular complexity index is 279. The van der Waals surface area contributed by atoms with E-state index in [2.05, 4.69) is 11.9 Å². The molecule has 0 spiro atoms. The van der Waals surface area contributed by atoms with Crippen LogP contribution in [-0.2, 0) is 4.79 Å². The smallest absolute Gasteiger partial charge is 0.121 e. The average Bonchev–Trinajstić information content (AvgIpc) is 2.19. The van der Waals surface area contributed by atoms with Crippen LogP contribution < -0.4 is 5.32 Å². The van der Waals surface area contributed by atoms with E-state index in [1.54, 1.807) is 0 Å². The Morgan fingerprint density at radius 3 is 2.69 bits per heavy atom. The van der Waals surface area contributed by atoms with Crippen LogP contribution in [0.15, 0.2) is 36.9 Å². The fraction of sp³-hybridized carbons (Fsp3) is 0.182. The molecular formula is C11H13NO. The summed E-state index contributed by atoms with van der Waals surface area (Å²) in [5, 5.41) is 3.07. The lowest BCUT2D eigenvalue weighted by Gasteiger charge is -2.07. The summed E-state index contributed by atoms with van der Waals surface area (Å²) in [4.78, 5) is 10.1. The minimum Gasteiger partial charge on any atom is -0.385 e. The highest BCUT2D eigenvalue weighted by molar-refractivity contribution is 5.61. The van der Waals surface area contributed by atoms with Crippen LogP contribution in [-0.4, -0.2) is 12.8 Å². The summed E-state index contributed by atoms with van der Waals surface area (Å²) in [5.74, 6) is 0. The molecule has 0 atom stereocenters. The van der Waals surface area contributed by atoms with Gasteiger partial charge in [0.2, 0.25) is 0 Å². The summed E-state index contributed by atoms with van der Waals surface area (Å²) in [7, 11) is 0. The second kappa shape index (κ2) is 5.14. The van der Waals surface area contributed by atoms with Crippen molar-refractivity contribution in [2.45, 2.75) is 6.42 Å². The van der Waals surface area contributed by atoms with Crippen molar-refractivity contribution in [2.75, 3.05) is 6.54 Å². The summed E-state index contributed by atoms with van der Waals surface area (Å²) in [6.07, 6.45) is 1.41. The van der Waals surface area contributed by atoms with Crippen LogP contribution >= 0.6 is 0 Å². The molecule has 2 nitrogen and oxygen atoms in total. The highest BCUT2D eigenvalue weighted by atomic mass is 16.1. The minimum absolute atomic E-state index is 0.520. The van der Waals surface area contributed by atoms with Crippen LogP contribution in [0.4, 0.5) is 0 Å². The molecule has 1 aromatic carbocycles. The van der Waals surface area contributed by atoms with Crippen LogP contribution in [0.5, 0.6) is 0 Å². The normalized spacial score (nSPS) is 9.23. The zero-order valence-corrected chi connectivity index (χ0v) is 7.49. The van der Waals surface area contributed by atoms with Crippen molar-refractivity contribution in [3.63, 3.8) is 0 Å². The number of benzene rings is 1. The molecule has 0 fully saturated rings. The van der Waals surface area contributed by atoms with Crippen molar-refractivity contribution in [3.05, 3.63) is 42.5 Å². The van der Waals surface area contributed by atoms with Crippen LogP contribution in [0.1, 0.15) is 12.0 Å². The van der Waals surface area contributed by atoms with Crippen LogP contribution in [0.25, 0.3) is 5.70 Å². The Labute approximate surface area is 78.3 Å². The monoisotopic (exact) mass is 175 g/mol. The third kappa shape index (κ3) is 3.11. The van der Waals surface area contributed by atoms with E-state index in [0.29, 0.717) is 13.0 Å². The topological polar surface area (TPSA) is 29.1 Å². The van der Waals surface area contributed by atoms with Crippen molar-refractivity contribution in [1.82, 2.24) is 5.32 Å². The second-order valence-corrected chi connectivity index (χ2v) is 2.73. The zero-order valence-electron chi connectivity index (χ0n) is 7.49. The number of rotatable bonds is 5. The van der Waals surface area contributed by atoms with E-state index >= 15 is 0 Å². The van der Waals surface area contributed by atoms with Crippen LogP contribution in [0.3, 0.4) is 0 Å². The number of aldehydes is 1. The fourth-order valence-electron chi connectivity index (χ4n) is 1.02. The molecule has 0 aliphatic heterocycles. The van der Waals surface area contributed by atoms with E-state index in [1.165, 1.54) is 0 Å². The molecule has 1 N–H and O–H groups in total. The lowest BCUT2D eigenvalue weighted by molar-refractivity contribution is -0.107. The van der Waals surface area contributed by atoms with Gasteiger partial charge in [-0.25, -0.2) is 0 Å². The van der Waals surface area contributed by atoms with E-state index < -0.39 is 0 Å². The first kappa shape index (κ1) is 9.52. The minimum atomic E-state index is 0.520. The molecule has 0 aliphatic rings. The molecule has 2 heteroatoms. The molecule has 1 aromatic rings. The lowest BCUT2D eigenvalue weighted by Crippen LogP contribution is -2.12. The first-order valence-corrected chi connectivity index (χ1v) is 4.26. The number of carbonyl (C=O) groups is 1. The van der Waals surface area contributed by atoms with Gasteiger partial charge in [-0.15, -0.1) is 0 Å². The van der Waals surface area contributed by atoms with Crippen LogP contribution in [0, 0.1) is 0 Å². The Kier molecular flexibility index (Phi) is 3.76. The maximum absolute atomic E-state index is 10.1. The van der Waals surface area contributed by atoms with E-state index in [1.807, 2.05) is 30.3 Å². The molecule has 0 radical (unpaired) electrons. The predicted molar refractivity (Wildman–Crippen MR) is 54.2 cm³/mol. The predicted octanol–water partition coefficient (Wildman–Crippen LogP) is 1.84. The SMILES string of the molecule is C=C(NCCC=O)c1ccccc1. The Morgan fingerprint density at radius 2 is 2.08 bits per heavy atom. The maximum Gasteiger partial charge on any atom is 0.121 e. The van der Waals surface area contributed by atoms with Crippen LogP contribution in [0.2, 0.25) is 0 Å². The molecular weight excluding hydrogens is 162 g/mol. The largest absolute Gasteiger partial charge is 0.385 e. The first-order chi connectivity index (χ1) is 6.34. The van der Waals surface area contributed by atoms with E-state index in [9.17, 15) is 4.79 Å². The maximum atomic E-state index is 10.1. The van der Waals surface area contributed by atoms with Gasteiger partial charge in [0.05, 0.1) is 0 Å².